The molecule has 0 unspecified atom stereocenters. The van der Waals surface area contributed by atoms with Gasteiger partial charge in [0.2, 0.25) is 0 Å². The van der Waals surface area contributed by atoms with Crippen LogP contribution in [0.4, 0.5) is 5.69 Å². The average molecular weight is 486 g/mol. The minimum atomic E-state index is -0.0362. The van der Waals surface area contributed by atoms with Gasteiger partial charge in [-0.25, -0.2) is 0 Å². The van der Waals surface area contributed by atoms with Gasteiger partial charge in [0.25, 0.3) is 0 Å². The van der Waals surface area contributed by atoms with Crippen molar-refractivity contribution in [3.63, 3.8) is 0 Å². The summed E-state index contributed by atoms with van der Waals surface area (Å²) in [7, 11) is 8.14. The molecule has 3 aromatic carbocycles. The predicted octanol–water partition coefficient (Wildman–Crippen LogP) is 5.78. The van der Waals surface area contributed by atoms with Gasteiger partial charge in [-0.05, 0) is 102 Å². The summed E-state index contributed by atoms with van der Waals surface area (Å²) in [5, 5.41) is 3.37. The lowest BCUT2D eigenvalue weighted by Crippen LogP contribution is -2.20. The summed E-state index contributed by atoms with van der Waals surface area (Å²) >= 11 is 0. The van der Waals surface area contributed by atoms with E-state index in [-0.39, 0.29) is 5.78 Å². The Morgan fingerprint density at radius 2 is 1.50 bits per heavy atom. The maximum atomic E-state index is 12.9. The van der Waals surface area contributed by atoms with Gasteiger partial charge >= 0.3 is 0 Å². The monoisotopic (exact) mass is 485 g/mol. The summed E-state index contributed by atoms with van der Waals surface area (Å²) in [5.74, 6) is 0.736. The highest BCUT2D eigenvalue weighted by Crippen LogP contribution is 2.29. The lowest BCUT2D eigenvalue weighted by atomic mass is 9.98. The van der Waals surface area contributed by atoms with Crippen molar-refractivity contribution >= 4 is 17.5 Å². The fourth-order valence-corrected chi connectivity index (χ4v) is 3.91. The van der Waals surface area contributed by atoms with Gasteiger partial charge in [-0.2, -0.15) is 0 Å². The number of carbonyl (C=O) groups is 1. The fraction of sp³-hybridized carbons (Fsp3) is 0.323. The molecule has 0 amide bonds. The first-order chi connectivity index (χ1) is 17.2. The molecule has 190 valence electrons. The van der Waals surface area contributed by atoms with Crippen LogP contribution in [-0.4, -0.2) is 70.0 Å². The highest BCUT2D eigenvalue weighted by atomic mass is 16.5. The first-order valence-electron chi connectivity index (χ1n) is 12.4. The minimum absolute atomic E-state index is 0.0362. The highest BCUT2D eigenvalue weighted by Gasteiger charge is 2.08. The number of aryl methyl sites for hydroxylation is 2. The first-order valence-corrected chi connectivity index (χ1v) is 12.4. The number of ether oxygens (including phenoxy) is 1. The van der Waals surface area contributed by atoms with Crippen molar-refractivity contribution < 1.29 is 9.53 Å². The largest absolute Gasteiger partial charge is 0.492 e. The lowest BCUT2D eigenvalue weighted by molar-refractivity contribution is 0.104. The zero-order valence-electron chi connectivity index (χ0n) is 22.5. The molecule has 0 atom stereocenters. The van der Waals surface area contributed by atoms with Crippen LogP contribution < -0.4 is 10.1 Å². The predicted molar refractivity (Wildman–Crippen MR) is 152 cm³/mol. The molecule has 0 spiro atoms. The Hall–Kier alpha value is -3.41. The van der Waals surface area contributed by atoms with Crippen LogP contribution in [0.3, 0.4) is 0 Å². The second-order valence-corrected chi connectivity index (χ2v) is 9.79. The van der Waals surface area contributed by atoms with Crippen molar-refractivity contribution in [1.82, 2.24) is 9.80 Å². The molecule has 0 radical (unpaired) electrons. The Labute approximate surface area is 216 Å². The molecule has 0 fully saturated rings. The molecule has 0 saturated heterocycles. The molecule has 0 bridgehead atoms. The van der Waals surface area contributed by atoms with Gasteiger partial charge in [-0.1, -0.05) is 35.4 Å². The maximum absolute atomic E-state index is 12.9. The number of allylic oxidation sites excluding steroid dienone is 1. The molecular formula is C31H39N3O2. The quantitative estimate of drug-likeness (QED) is 0.260. The molecule has 1 N–H and O–H groups in total. The van der Waals surface area contributed by atoms with Crippen molar-refractivity contribution in [2.45, 2.75) is 13.8 Å². The molecule has 3 rings (SSSR count). The smallest absolute Gasteiger partial charge is 0.185 e. The van der Waals surface area contributed by atoms with E-state index >= 15 is 0 Å². The Balaban J connectivity index is 1.80. The van der Waals surface area contributed by atoms with E-state index in [2.05, 4.69) is 59.3 Å². The number of benzene rings is 3. The van der Waals surface area contributed by atoms with E-state index in [0.29, 0.717) is 12.2 Å². The number of rotatable bonds is 12. The standard InChI is InChI=1S/C31H39N3O2/c1-23-19-24(2)21-28(20-23)26-10-14-31(36-18-17-34(5)6)27(22-26)9-13-30(35)25-7-11-29(12-8-25)32-15-16-33(3)4/h7-14,19-22,32H,15-18H2,1-6H3/b13-9+. The topological polar surface area (TPSA) is 44.8 Å². The number of likely N-dealkylation sites (N-methyl/N-ethyl adjacent to an activating group) is 2. The summed E-state index contributed by atoms with van der Waals surface area (Å²) in [5.41, 5.74) is 7.26. The van der Waals surface area contributed by atoms with Crippen molar-refractivity contribution in [1.29, 1.82) is 0 Å². The number of ketones is 1. The lowest BCUT2D eigenvalue weighted by Gasteiger charge is -2.14. The molecule has 5 heteroatoms. The number of carbonyl (C=O) groups excluding carboxylic acids is 1. The number of nitrogens with one attached hydrogen (secondary N) is 1. The molecule has 0 heterocycles. The number of nitrogens with zero attached hydrogens (tertiary/aromatic N) is 2. The van der Waals surface area contributed by atoms with Crippen molar-refractivity contribution in [3.05, 3.63) is 89.0 Å². The summed E-state index contributed by atoms with van der Waals surface area (Å²) in [6.07, 6.45) is 3.50. The van der Waals surface area contributed by atoms with E-state index in [9.17, 15) is 4.79 Å². The van der Waals surface area contributed by atoms with Crippen LogP contribution >= 0.6 is 0 Å². The van der Waals surface area contributed by atoms with Crippen LogP contribution in [0.2, 0.25) is 0 Å². The second kappa shape index (κ2) is 13.1. The zero-order chi connectivity index (χ0) is 26.1. The summed E-state index contributed by atoms with van der Waals surface area (Å²) in [4.78, 5) is 17.1. The Morgan fingerprint density at radius 1 is 0.833 bits per heavy atom. The fourth-order valence-electron chi connectivity index (χ4n) is 3.91. The van der Waals surface area contributed by atoms with Crippen LogP contribution in [0, 0.1) is 13.8 Å². The van der Waals surface area contributed by atoms with Gasteiger partial charge in [0.1, 0.15) is 12.4 Å². The third-order valence-corrected chi connectivity index (χ3v) is 5.83. The molecule has 0 aliphatic carbocycles. The Bertz CT molecular complexity index is 1160. The van der Waals surface area contributed by atoms with Crippen LogP contribution in [0.1, 0.15) is 27.0 Å². The summed E-state index contributed by atoms with van der Waals surface area (Å²) < 4.78 is 6.08. The van der Waals surface area contributed by atoms with Gasteiger partial charge in [0, 0.05) is 36.4 Å². The first kappa shape index (κ1) is 27.2. The van der Waals surface area contributed by atoms with E-state index in [4.69, 9.17) is 4.74 Å². The molecule has 0 saturated carbocycles. The van der Waals surface area contributed by atoms with Crippen molar-refractivity contribution in [2.75, 3.05) is 59.7 Å². The number of hydrogen-bond acceptors (Lipinski definition) is 5. The van der Waals surface area contributed by atoms with Gasteiger partial charge in [-0.15, -0.1) is 0 Å². The normalized spacial score (nSPS) is 11.4. The molecule has 0 aliphatic heterocycles. The molecule has 5 nitrogen and oxygen atoms in total. The summed E-state index contributed by atoms with van der Waals surface area (Å²) in [6, 6.07) is 20.4. The van der Waals surface area contributed by atoms with Gasteiger partial charge in [-0.3, -0.25) is 4.79 Å². The number of hydrogen-bond donors (Lipinski definition) is 1. The van der Waals surface area contributed by atoms with Crippen LogP contribution in [0.5, 0.6) is 5.75 Å². The molecular weight excluding hydrogens is 446 g/mol. The highest BCUT2D eigenvalue weighted by molar-refractivity contribution is 6.07. The maximum Gasteiger partial charge on any atom is 0.185 e. The second-order valence-electron chi connectivity index (χ2n) is 9.79. The Morgan fingerprint density at radius 3 is 2.14 bits per heavy atom. The van der Waals surface area contributed by atoms with E-state index in [1.165, 1.54) is 11.1 Å². The average Bonchev–Trinajstić information content (AvgIpc) is 2.82. The minimum Gasteiger partial charge on any atom is -0.492 e. The number of anilines is 1. The van der Waals surface area contributed by atoms with Gasteiger partial charge in [0.15, 0.2) is 5.78 Å². The summed E-state index contributed by atoms with van der Waals surface area (Å²) in [6.45, 7) is 7.41. The molecule has 36 heavy (non-hydrogen) atoms. The van der Waals surface area contributed by atoms with E-state index in [0.717, 1.165) is 47.8 Å². The van der Waals surface area contributed by atoms with Crippen molar-refractivity contribution in [3.8, 4) is 16.9 Å². The molecule has 0 aromatic heterocycles. The van der Waals surface area contributed by atoms with Crippen LogP contribution in [0.15, 0.2) is 66.7 Å². The molecule has 0 aliphatic rings. The van der Waals surface area contributed by atoms with Crippen molar-refractivity contribution in [2.24, 2.45) is 0 Å². The van der Waals surface area contributed by atoms with E-state index in [1.54, 1.807) is 6.08 Å². The third kappa shape index (κ3) is 8.36. The van der Waals surface area contributed by atoms with Crippen LogP contribution in [-0.2, 0) is 0 Å². The van der Waals surface area contributed by atoms with E-state index in [1.807, 2.05) is 64.6 Å². The van der Waals surface area contributed by atoms with E-state index < -0.39 is 0 Å². The zero-order valence-corrected chi connectivity index (χ0v) is 22.5. The molecule has 3 aromatic rings. The third-order valence-electron chi connectivity index (χ3n) is 5.83. The SMILES string of the molecule is Cc1cc(C)cc(-c2ccc(OCCN(C)C)c(/C=C/C(=O)c3ccc(NCCN(C)C)cc3)c2)c1. The Kier molecular flexibility index (Phi) is 9.86. The van der Waals surface area contributed by atoms with Gasteiger partial charge < -0.3 is 19.9 Å². The van der Waals surface area contributed by atoms with Gasteiger partial charge in [0.05, 0.1) is 0 Å². The van der Waals surface area contributed by atoms with Crippen LogP contribution in [0.25, 0.3) is 17.2 Å².